The van der Waals surface area contributed by atoms with Gasteiger partial charge in [0.25, 0.3) is 0 Å². The van der Waals surface area contributed by atoms with E-state index in [4.69, 9.17) is 0 Å². The van der Waals surface area contributed by atoms with Gasteiger partial charge in [0, 0.05) is 30.5 Å². The van der Waals surface area contributed by atoms with E-state index in [2.05, 4.69) is 0 Å². The summed E-state index contributed by atoms with van der Waals surface area (Å²) in [6.07, 6.45) is 5.51. The van der Waals surface area contributed by atoms with Crippen molar-refractivity contribution in [1.29, 1.82) is 0 Å². The zero-order valence-electron chi connectivity index (χ0n) is 15.0. The Morgan fingerprint density at radius 3 is 2.65 bits per heavy atom. The maximum Gasteiger partial charge on any atom is 0.222 e. The molecular weight excluding hydrogens is 386 g/mol. The summed E-state index contributed by atoms with van der Waals surface area (Å²) in [6.45, 7) is 0.867. The second-order valence-electron chi connectivity index (χ2n) is 7.01. The van der Waals surface area contributed by atoms with E-state index in [1.165, 1.54) is 18.6 Å². The molecule has 7 heteroatoms. The SMILES string of the molecule is O=C(CCCCC1CCSS1)N1CCC(c2ccccc2)S(=O)(=O)CC1. The average molecular weight is 414 g/mol. The van der Waals surface area contributed by atoms with Gasteiger partial charge in [0.1, 0.15) is 0 Å². The number of hydrogen-bond donors (Lipinski definition) is 0. The van der Waals surface area contributed by atoms with Gasteiger partial charge in [-0.05, 0) is 31.2 Å². The predicted molar refractivity (Wildman–Crippen MR) is 111 cm³/mol. The Balaban J connectivity index is 1.49. The Morgan fingerprint density at radius 1 is 1.12 bits per heavy atom. The number of amides is 1. The Bertz CT molecular complexity index is 687. The Morgan fingerprint density at radius 2 is 1.92 bits per heavy atom. The highest BCUT2D eigenvalue weighted by atomic mass is 33.1. The average Bonchev–Trinajstić information content (AvgIpc) is 3.09. The monoisotopic (exact) mass is 413 g/mol. The first-order valence-corrected chi connectivity index (χ1v) is 13.5. The van der Waals surface area contributed by atoms with Crippen molar-refractivity contribution in [3.63, 3.8) is 0 Å². The lowest BCUT2D eigenvalue weighted by Crippen LogP contribution is -2.33. The van der Waals surface area contributed by atoms with Crippen LogP contribution in [0.15, 0.2) is 30.3 Å². The fraction of sp³-hybridized carbons (Fsp3) is 0.632. The second kappa shape index (κ2) is 9.51. The van der Waals surface area contributed by atoms with E-state index in [0.717, 1.165) is 23.7 Å². The molecule has 3 rings (SSSR count). The number of nitrogens with zero attached hydrogens (tertiary/aromatic N) is 1. The summed E-state index contributed by atoms with van der Waals surface area (Å²) in [5.74, 6) is 1.43. The normalized spacial score (nSPS) is 25.8. The minimum atomic E-state index is -3.21. The van der Waals surface area contributed by atoms with E-state index in [9.17, 15) is 13.2 Å². The lowest BCUT2D eigenvalue weighted by molar-refractivity contribution is -0.131. The zero-order valence-corrected chi connectivity index (χ0v) is 17.5. The van der Waals surface area contributed by atoms with Crippen LogP contribution in [0.3, 0.4) is 0 Å². The van der Waals surface area contributed by atoms with E-state index < -0.39 is 15.1 Å². The van der Waals surface area contributed by atoms with Crippen molar-refractivity contribution < 1.29 is 13.2 Å². The molecule has 2 saturated heterocycles. The van der Waals surface area contributed by atoms with Crippen molar-refractivity contribution in [1.82, 2.24) is 4.90 Å². The Kier molecular flexibility index (Phi) is 7.35. The number of carbonyl (C=O) groups excluding carboxylic acids is 1. The van der Waals surface area contributed by atoms with Gasteiger partial charge < -0.3 is 4.90 Å². The third-order valence-electron chi connectivity index (χ3n) is 5.16. The van der Waals surface area contributed by atoms with E-state index in [1.807, 2.05) is 51.9 Å². The molecule has 0 spiro atoms. The van der Waals surface area contributed by atoms with Crippen molar-refractivity contribution in [2.24, 2.45) is 0 Å². The highest BCUT2D eigenvalue weighted by molar-refractivity contribution is 8.77. The molecule has 0 aromatic heterocycles. The standard InChI is InChI=1S/C19H27NO3S3/c21-19(9-5-4-8-17-11-14-24-25-17)20-12-10-18(26(22,23)15-13-20)16-6-2-1-3-7-16/h1-3,6-7,17-18H,4-5,8-15H2. The van der Waals surface area contributed by atoms with Crippen LogP contribution in [0.5, 0.6) is 0 Å². The molecule has 0 bridgehead atoms. The Hall–Kier alpha value is -0.660. The smallest absolute Gasteiger partial charge is 0.222 e. The quantitative estimate of drug-likeness (QED) is 0.519. The molecule has 2 fully saturated rings. The molecule has 0 aliphatic carbocycles. The highest BCUT2D eigenvalue weighted by Crippen LogP contribution is 2.40. The summed E-state index contributed by atoms with van der Waals surface area (Å²) >= 11 is 0. The third-order valence-corrected chi connectivity index (χ3v) is 10.3. The van der Waals surface area contributed by atoms with Crippen LogP contribution in [-0.4, -0.2) is 49.1 Å². The van der Waals surface area contributed by atoms with Crippen LogP contribution < -0.4 is 0 Å². The Labute approximate surface area is 164 Å². The second-order valence-corrected chi connectivity index (χ2v) is 12.1. The first kappa shape index (κ1) is 20.1. The van der Waals surface area contributed by atoms with Crippen molar-refractivity contribution in [3.8, 4) is 0 Å². The molecule has 1 aromatic carbocycles. The van der Waals surface area contributed by atoms with Gasteiger partial charge in [-0.15, -0.1) is 0 Å². The fourth-order valence-corrected chi connectivity index (χ4v) is 8.43. The largest absolute Gasteiger partial charge is 0.342 e. The van der Waals surface area contributed by atoms with Gasteiger partial charge in [-0.1, -0.05) is 58.3 Å². The van der Waals surface area contributed by atoms with Gasteiger partial charge in [0.2, 0.25) is 5.91 Å². The third kappa shape index (κ3) is 5.42. The molecule has 1 amide bonds. The first-order chi connectivity index (χ1) is 12.6. The zero-order chi connectivity index (χ0) is 18.4. The fourth-order valence-electron chi connectivity index (χ4n) is 3.61. The minimum Gasteiger partial charge on any atom is -0.342 e. The molecule has 0 saturated carbocycles. The molecule has 2 unspecified atom stereocenters. The first-order valence-electron chi connectivity index (χ1n) is 9.39. The van der Waals surface area contributed by atoms with Crippen molar-refractivity contribution in [2.45, 2.75) is 49.0 Å². The summed E-state index contributed by atoms with van der Waals surface area (Å²) in [4.78, 5) is 14.3. The minimum absolute atomic E-state index is 0.0637. The van der Waals surface area contributed by atoms with Crippen LogP contribution in [0.1, 0.15) is 49.3 Å². The maximum absolute atomic E-state index is 12.6. The van der Waals surface area contributed by atoms with Crippen LogP contribution in [0.4, 0.5) is 0 Å². The lowest BCUT2D eigenvalue weighted by Gasteiger charge is -2.20. The molecule has 1 aromatic rings. The molecule has 2 heterocycles. The topological polar surface area (TPSA) is 54.5 Å². The van der Waals surface area contributed by atoms with Gasteiger partial charge in [-0.25, -0.2) is 8.42 Å². The molecule has 2 aliphatic heterocycles. The summed E-state index contributed by atoms with van der Waals surface area (Å²) in [5, 5.41) is 0.267. The van der Waals surface area contributed by atoms with Crippen LogP contribution in [0, 0.1) is 0 Å². The lowest BCUT2D eigenvalue weighted by atomic mass is 10.1. The molecule has 26 heavy (non-hydrogen) atoms. The maximum atomic E-state index is 12.6. The molecule has 4 nitrogen and oxygen atoms in total. The van der Waals surface area contributed by atoms with E-state index in [-0.39, 0.29) is 11.7 Å². The van der Waals surface area contributed by atoms with E-state index in [1.54, 1.807) is 4.90 Å². The van der Waals surface area contributed by atoms with E-state index >= 15 is 0 Å². The highest BCUT2D eigenvalue weighted by Gasteiger charge is 2.32. The van der Waals surface area contributed by atoms with Crippen LogP contribution in [0.2, 0.25) is 0 Å². The van der Waals surface area contributed by atoms with Crippen molar-refractivity contribution >= 4 is 37.3 Å². The van der Waals surface area contributed by atoms with Gasteiger partial charge in [-0.3, -0.25) is 4.79 Å². The van der Waals surface area contributed by atoms with Gasteiger partial charge >= 0.3 is 0 Å². The number of hydrogen-bond acceptors (Lipinski definition) is 5. The summed E-state index contributed by atoms with van der Waals surface area (Å²) in [6, 6.07) is 9.39. The number of benzene rings is 1. The van der Waals surface area contributed by atoms with Crippen LogP contribution in [0.25, 0.3) is 0 Å². The molecule has 2 atom stereocenters. The molecule has 0 N–H and O–H groups in total. The molecule has 2 aliphatic rings. The summed E-state index contributed by atoms with van der Waals surface area (Å²) in [5.41, 5.74) is 0.841. The van der Waals surface area contributed by atoms with Gasteiger partial charge in [0.15, 0.2) is 9.84 Å². The number of unbranched alkanes of at least 4 members (excludes halogenated alkanes) is 1. The molecule has 0 radical (unpaired) electrons. The van der Waals surface area contributed by atoms with Crippen molar-refractivity contribution in [3.05, 3.63) is 35.9 Å². The predicted octanol–water partition coefficient (Wildman–Crippen LogP) is 4.09. The summed E-state index contributed by atoms with van der Waals surface area (Å²) in [7, 11) is 0.724. The van der Waals surface area contributed by atoms with Crippen LogP contribution >= 0.6 is 21.6 Å². The number of sulfone groups is 1. The van der Waals surface area contributed by atoms with Crippen LogP contribution in [-0.2, 0) is 14.6 Å². The molecule has 144 valence electrons. The number of carbonyl (C=O) groups is 1. The van der Waals surface area contributed by atoms with Gasteiger partial charge in [-0.2, -0.15) is 0 Å². The summed E-state index contributed by atoms with van der Waals surface area (Å²) < 4.78 is 25.3. The molecular formula is C19H27NO3S3. The number of rotatable bonds is 6. The van der Waals surface area contributed by atoms with Gasteiger partial charge in [0.05, 0.1) is 11.0 Å². The van der Waals surface area contributed by atoms with Crippen molar-refractivity contribution in [2.75, 3.05) is 24.6 Å². The van der Waals surface area contributed by atoms with E-state index in [0.29, 0.717) is 25.9 Å².